The molecule has 3 rings (SSSR count). The molecule has 0 spiro atoms. The fourth-order valence-electron chi connectivity index (χ4n) is 2.54. The number of benzene rings is 1. The monoisotopic (exact) mass is 301 g/mol. The number of hydrogen-bond acceptors (Lipinski definition) is 3. The summed E-state index contributed by atoms with van der Waals surface area (Å²) in [4.78, 5) is 15.2. The summed E-state index contributed by atoms with van der Waals surface area (Å²) < 4.78 is 5.49. The molecule has 22 heavy (non-hydrogen) atoms. The standard InChI is InChI=1S/C17H23N3O2/c18-15(17(21)19-7-8-22-11-12-5-6-12)9-13-10-20-16-4-2-1-3-14(13)16/h1-4,10,12,15,20H,5-9,11,18H2,(H,19,21)/t15-/m0/s1. The van der Waals surface area contributed by atoms with E-state index in [1.165, 1.54) is 12.8 Å². The van der Waals surface area contributed by atoms with Gasteiger partial charge < -0.3 is 20.8 Å². The number of nitrogens with one attached hydrogen (secondary N) is 2. The Kier molecular flexibility index (Phi) is 4.75. The second-order valence-corrected chi connectivity index (χ2v) is 5.98. The van der Waals surface area contributed by atoms with E-state index in [9.17, 15) is 4.79 Å². The summed E-state index contributed by atoms with van der Waals surface area (Å²) in [6.45, 7) is 1.90. The van der Waals surface area contributed by atoms with Gasteiger partial charge in [-0.2, -0.15) is 0 Å². The minimum absolute atomic E-state index is 0.125. The highest BCUT2D eigenvalue weighted by atomic mass is 16.5. The Morgan fingerprint density at radius 3 is 3.05 bits per heavy atom. The van der Waals surface area contributed by atoms with Gasteiger partial charge in [-0.15, -0.1) is 0 Å². The molecule has 1 aromatic carbocycles. The molecule has 0 bridgehead atoms. The third kappa shape index (κ3) is 3.87. The van der Waals surface area contributed by atoms with Crippen molar-refractivity contribution < 1.29 is 9.53 Å². The number of fused-ring (bicyclic) bond motifs is 1. The number of nitrogens with two attached hydrogens (primary N) is 1. The first-order chi connectivity index (χ1) is 10.7. The van der Waals surface area contributed by atoms with E-state index in [0.29, 0.717) is 19.6 Å². The highest BCUT2D eigenvalue weighted by Gasteiger charge is 2.21. The largest absolute Gasteiger partial charge is 0.379 e. The topological polar surface area (TPSA) is 80.1 Å². The fourth-order valence-corrected chi connectivity index (χ4v) is 2.54. The van der Waals surface area contributed by atoms with E-state index in [4.69, 9.17) is 10.5 Å². The zero-order valence-corrected chi connectivity index (χ0v) is 12.7. The molecule has 5 heteroatoms. The lowest BCUT2D eigenvalue weighted by molar-refractivity contribution is -0.122. The zero-order chi connectivity index (χ0) is 15.4. The number of hydrogen-bond donors (Lipinski definition) is 3. The predicted molar refractivity (Wildman–Crippen MR) is 86.5 cm³/mol. The van der Waals surface area contributed by atoms with E-state index in [-0.39, 0.29) is 5.91 Å². The van der Waals surface area contributed by atoms with Crippen LogP contribution in [0, 0.1) is 5.92 Å². The molecule has 4 N–H and O–H groups in total. The van der Waals surface area contributed by atoms with Gasteiger partial charge in [-0.05, 0) is 36.8 Å². The molecule has 1 aliphatic carbocycles. The molecule has 1 amide bonds. The number of para-hydroxylation sites is 1. The Balaban J connectivity index is 1.44. The van der Waals surface area contributed by atoms with Gasteiger partial charge in [0.15, 0.2) is 0 Å². The molecule has 118 valence electrons. The van der Waals surface area contributed by atoms with E-state index >= 15 is 0 Å². The van der Waals surface area contributed by atoms with Crippen LogP contribution < -0.4 is 11.1 Å². The lowest BCUT2D eigenvalue weighted by atomic mass is 10.1. The molecule has 1 atom stereocenters. The summed E-state index contributed by atoms with van der Waals surface area (Å²) in [5.74, 6) is 0.625. The van der Waals surface area contributed by atoms with Crippen molar-refractivity contribution in [3.63, 3.8) is 0 Å². The first-order valence-corrected chi connectivity index (χ1v) is 7.90. The van der Waals surface area contributed by atoms with Gasteiger partial charge in [0.05, 0.1) is 12.6 Å². The maximum Gasteiger partial charge on any atom is 0.237 e. The summed E-state index contributed by atoms with van der Waals surface area (Å²) >= 11 is 0. The maximum atomic E-state index is 12.0. The summed E-state index contributed by atoms with van der Waals surface area (Å²) in [7, 11) is 0. The molecule has 2 aromatic rings. The average Bonchev–Trinajstić information content (AvgIpc) is 3.27. The molecule has 5 nitrogen and oxygen atoms in total. The van der Waals surface area contributed by atoms with Gasteiger partial charge in [0, 0.05) is 30.3 Å². The van der Waals surface area contributed by atoms with Gasteiger partial charge in [0.1, 0.15) is 0 Å². The van der Waals surface area contributed by atoms with E-state index in [1.807, 2.05) is 30.5 Å². The number of aromatic amines is 1. The smallest absolute Gasteiger partial charge is 0.237 e. The third-order valence-electron chi connectivity index (χ3n) is 4.05. The maximum absolute atomic E-state index is 12.0. The number of H-pyrrole nitrogens is 1. The summed E-state index contributed by atoms with van der Waals surface area (Å²) in [5.41, 5.74) is 8.15. The second kappa shape index (κ2) is 6.94. The van der Waals surface area contributed by atoms with Crippen LogP contribution in [0.5, 0.6) is 0 Å². The van der Waals surface area contributed by atoms with Gasteiger partial charge in [-0.1, -0.05) is 18.2 Å². The molecular formula is C17H23N3O2. The van der Waals surface area contributed by atoms with Crippen molar-refractivity contribution in [1.29, 1.82) is 0 Å². The van der Waals surface area contributed by atoms with Gasteiger partial charge in [-0.3, -0.25) is 4.79 Å². The Morgan fingerprint density at radius 2 is 2.23 bits per heavy atom. The van der Waals surface area contributed by atoms with Crippen LogP contribution in [0.3, 0.4) is 0 Å². The number of amides is 1. The lowest BCUT2D eigenvalue weighted by Gasteiger charge is -2.12. The van der Waals surface area contributed by atoms with Crippen molar-refractivity contribution in [2.75, 3.05) is 19.8 Å². The van der Waals surface area contributed by atoms with Crippen molar-refractivity contribution in [3.05, 3.63) is 36.0 Å². The number of ether oxygens (including phenoxy) is 1. The van der Waals surface area contributed by atoms with Gasteiger partial charge in [-0.25, -0.2) is 0 Å². The van der Waals surface area contributed by atoms with Crippen molar-refractivity contribution in [2.45, 2.75) is 25.3 Å². The minimum atomic E-state index is -0.539. The van der Waals surface area contributed by atoms with Crippen LogP contribution in [0.25, 0.3) is 10.9 Å². The Hall–Kier alpha value is -1.85. The van der Waals surface area contributed by atoms with Crippen molar-refractivity contribution in [3.8, 4) is 0 Å². The highest BCUT2D eigenvalue weighted by molar-refractivity contribution is 5.86. The third-order valence-corrected chi connectivity index (χ3v) is 4.05. The van der Waals surface area contributed by atoms with E-state index in [1.54, 1.807) is 0 Å². The van der Waals surface area contributed by atoms with Crippen LogP contribution in [-0.2, 0) is 16.0 Å². The normalized spacial score (nSPS) is 15.9. The van der Waals surface area contributed by atoms with Gasteiger partial charge in [0.2, 0.25) is 5.91 Å². The first kappa shape index (κ1) is 15.1. The quantitative estimate of drug-likeness (QED) is 0.648. The van der Waals surface area contributed by atoms with Crippen LogP contribution in [0.1, 0.15) is 18.4 Å². The van der Waals surface area contributed by atoms with Crippen LogP contribution in [0.4, 0.5) is 0 Å². The van der Waals surface area contributed by atoms with Crippen LogP contribution in [0.2, 0.25) is 0 Å². The predicted octanol–water partition coefficient (Wildman–Crippen LogP) is 1.58. The Bertz CT molecular complexity index is 634. The zero-order valence-electron chi connectivity index (χ0n) is 12.7. The molecular weight excluding hydrogens is 278 g/mol. The Labute approximate surface area is 130 Å². The van der Waals surface area contributed by atoms with Crippen LogP contribution >= 0.6 is 0 Å². The van der Waals surface area contributed by atoms with Crippen LogP contribution in [0.15, 0.2) is 30.5 Å². The van der Waals surface area contributed by atoms with Gasteiger partial charge in [0.25, 0.3) is 0 Å². The molecule has 1 heterocycles. The van der Waals surface area contributed by atoms with Gasteiger partial charge >= 0.3 is 0 Å². The van der Waals surface area contributed by atoms with E-state index in [0.717, 1.165) is 29.0 Å². The van der Waals surface area contributed by atoms with E-state index in [2.05, 4.69) is 10.3 Å². The Morgan fingerprint density at radius 1 is 1.41 bits per heavy atom. The molecule has 0 saturated heterocycles. The average molecular weight is 301 g/mol. The summed E-state index contributed by atoms with van der Waals surface area (Å²) in [6, 6.07) is 7.49. The molecule has 0 aliphatic heterocycles. The van der Waals surface area contributed by atoms with Crippen molar-refractivity contribution in [2.24, 2.45) is 11.7 Å². The van der Waals surface area contributed by atoms with Crippen molar-refractivity contribution >= 4 is 16.8 Å². The molecule has 1 saturated carbocycles. The number of rotatable bonds is 8. The molecule has 1 fully saturated rings. The lowest BCUT2D eigenvalue weighted by Crippen LogP contribution is -2.43. The second-order valence-electron chi connectivity index (χ2n) is 5.98. The first-order valence-electron chi connectivity index (χ1n) is 7.90. The van der Waals surface area contributed by atoms with Crippen LogP contribution in [-0.4, -0.2) is 36.7 Å². The molecule has 1 aliphatic rings. The number of carbonyl (C=O) groups is 1. The summed E-state index contributed by atoms with van der Waals surface area (Å²) in [5, 5.41) is 3.96. The van der Waals surface area contributed by atoms with Crippen molar-refractivity contribution in [1.82, 2.24) is 10.3 Å². The molecule has 0 radical (unpaired) electrons. The minimum Gasteiger partial charge on any atom is -0.379 e. The van der Waals surface area contributed by atoms with E-state index < -0.39 is 6.04 Å². The molecule has 0 unspecified atom stereocenters. The fraction of sp³-hybridized carbons (Fsp3) is 0.471. The SMILES string of the molecule is N[C@@H](Cc1c[nH]c2ccccc12)C(=O)NCCOCC1CC1. The number of aromatic nitrogens is 1. The molecule has 1 aromatic heterocycles. The highest BCUT2D eigenvalue weighted by Crippen LogP contribution is 2.28. The summed E-state index contributed by atoms with van der Waals surface area (Å²) in [6.07, 6.45) is 5.01. The number of carbonyl (C=O) groups excluding carboxylic acids is 1.